The maximum absolute atomic E-state index is 11.2. The zero-order valence-corrected chi connectivity index (χ0v) is 8.91. The van der Waals surface area contributed by atoms with E-state index in [2.05, 4.69) is 18.2 Å². The molecule has 0 aliphatic rings. The summed E-state index contributed by atoms with van der Waals surface area (Å²) in [5.74, 6) is 0.635. The predicted molar refractivity (Wildman–Crippen MR) is 58.8 cm³/mol. The molecule has 0 unspecified atom stereocenters. The topological polar surface area (TPSA) is 41.6 Å². The van der Waals surface area contributed by atoms with Gasteiger partial charge in [-0.15, -0.1) is 0 Å². The van der Waals surface area contributed by atoms with Gasteiger partial charge < -0.3 is 14.4 Å². The van der Waals surface area contributed by atoms with Gasteiger partial charge in [0.2, 0.25) is 0 Å². The summed E-state index contributed by atoms with van der Waals surface area (Å²) in [6.07, 6.45) is 0. The number of carbonyl (C=O) groups is 1. The fraction of sp³-hybridized carbons (Fsp3) is 0.222. The van der Waals surface area contributed by atoms with E-state index in [4.69, 9.17) is 4.18 Å². The van der Waals surface area contributed by atoms with Crippen molar-refractivity contribution in [2.75, 3.05) is 19.4 Å². The lowest BCUT2D eigenvalue weighted by Crippen LogP contribution is -2.27. The van der Waals surface area contributed by atoms with Gasteiger partial charge in [-0.3, -0.25) is 0 Å². The van der Waals surface area contributed by atoms with Crippen molar-refractivity contribution >= 4 is 24.6 Å². The van der Waals surface area contributed by atoms with Crippen LogP contribution < -0.4 is 9.50 Å². The lowest BCUT2D eigenvalue weighted by atomic mass is 10.3. The van der Waals surface area contributed by atoms with Crippen LogP contribution in [-0.4, -0.2) is 25.0 Å². The number of benzene rings is 1. The molecule has 0 fully saturated rings. The molecule has 14 heavy (non-hydrogen) atoms. The van der Waals surface area contributed by atoms with Crippen LogP contribution in [0.25, 0.3) is 0 Å². The monoisotopic (exact) mass is 212 g/mol. The lowest BCUT2D eigenvalue weighted by Gasteiger charge is -2.11. The fourth-order valence-electron chi connectivity index (χ4n) is 0.834. The Morgan fingerprint density at radius 3 is 2.36 bits per heavy atom. The molecule has 1 rings (SSSR count). The summed E-state index contributed by atoms with van der Waals surface area (Å²) in [5.41, 5.74) is 0.720. The first-order valence-electron chi connectivity index (χ1n) is 4.03. The standard InChI is InChI=1S/C9H12N2O2S/c1-11(2)9(12)10-7-3-5-8(13-14)6-4-7/h3-6,14H,1-2H3,(H,10,12). The van der Waals surface area contributed by atoms with Crippen molar-refractivity contribution in [3.8, 4) is 5.75 Å². The number of anilines is 1. The molecule has 0 atom stereocenters. The minimum Gasteiger partial charge on any atom is -0.429 e. The molecule has 0 spiro atoms. The molecule has 5 heteroatoms. The summed E-state index contributed by atoms with van der Waals surface area (Å²) in [4.78, 5) is 12.7. The van der Waals surface area contributed by atoms with Crippen molar-refractivity contribution < 1.29 is 8.98 Å². The van der Waals surface area contributed by atoms with E-state index >= 15 is 0 Å². The second-order valence-corrected chi connectivity index (χ2v) is 3.12. The van der Waals surface area contributed by atoms with Gasteiger partial charge in [0.25, 0.3) is 0 Å². The van der Waals surface area contributed by atoms with Crippen molar-refractivity contribution in [2.45, 2.75) is 0 Å². The smallest absolute Gasteiger partial charge is 0.321 e. The molecule has 76 valence electrons. The number of thiol groups is 1. The second-order valence-electron chi connectivity index (χ2n) is 2.94. The van der Waals surface area contributed by atoms with Crippen LogP contribution in [0.4, 0.5) is 10.5 Å². The molecule has 0 bridgehead atoms. The molecule has 4 nitrogen and oxygen atoms in total. The van der Waals surface area contributed by atoms with Gasteiger partial charge in [-0.2, -0.15) is 0 Å². The third-order valence-electron chi connectivity index (χ3n) is 1.62. The number of hydrogen-bond donors (Lipinski definition) is 2. The normalized spacial score (nSPS) is 9.36. The Morgan fingerprint density at radius 2 is 1.93 bits per heavy atom. The molecule has 1 aromatic rings. The summed E-state index contributed by atoms with van der Waals surface area (Å²) in [7, 11) is 3.36. The Balaban J connectivity index is 2.64. The number of nitrogens with one attached hydrogen (secondary N) is 1. The predicted octanol–water partition coefficient (Wildman–Crippen LogP) is 2.00. The summed E-state index contributed by atoms with van der Waals surface area (Å²) < 4.78 is 4.69. The average molecular weight is 212 g/mol. The van der Waals surface area contributed by atoms with Gasteiger partial charge in [0.1, 0.15) is 5.75 Å². The first-order chi connectivity index (χ1) is 6.63. The Bertz CT molecular complexity index is 311. The minimum absolute atomic E-state index is 0.162. The second kappa shape index (κ2) is 4.76. The van der Waals surface area contributed by atoms with Crippen LogP contribution in [0.15, 0.2) is 24.3 Å². The number of hydrogen-bond acceptors (Lipinski definition) is 3. The lowest BCUT2D eigenvalue weighted by molar-refractivity contribution is 0.230. The molecule has 1 N–H and O–H groups in total. The van der Waals surface area contributed by atoms with Gasteiger partial charge >= 0.3 is 6.03 Å². The molecule has 0 saturated heterocycles. The quantitative estimate of drug-likeness (QED) is 0.581. The van der Waals surface area contributed by atoms with E-state index in [1.54, 1.807) is 38.4 Å². The van der Waals surface area contributed by atoms with Crippen molar-refractivity contribution in [3.63, 3.8) is 0 Å². The maximum atomic E-state index is 11.2. The van der Waals surface area contributed by atoms with E-state index in [0.29, 0.717) is 5.75 Å². The third kappa shape index (κ3) is 2.85. The Morgan fingerprint density at radius 1 is 1.36 bits per heavy atom. The largest absolute Gasteiger partial charge is 0.429 e. The molecular formula is C9H12N2O2S. The van der Waals surface area contributed by atoms with Crippen molar-refractivity contribution in [1.29, 1.82) is 0 Å². The van der Waals surface area contributed by atoms with Crippen LogP contribution in [0.1, 0.15) is 0 Å². The van der Waals surface area contributed by atoms with E-state index in [0.717, 1.165) is 5.69 Å². The molecule has 0 radical (unpaired) electrons. The van der Waals surface area contributed by atoms with Crippen LogP contribution in [0.2, 0.25) is 0 Å². The highest BCUT2D eigenvalue weighted by Crippen LogP contribution is 2.16. The zero-order valence-electron chi connectivity index (χ0n) is 8.02. The van der Waals surface area contributed by atoms with Gasteiger partial charge in [0, 0.05) is 32.7 Å². The average Bonchev–Trinajstić information content (AvgIpc) is 2.19. The number of carbonyl (C=O) groups excluding carboxylic acids is 1. The van der Waals surface area contributed by atoms with Crippen molar-refractivity contribution in [2.24, 2.45) is 0 Å². The van der Waals surface area contributed by atoms with Crippen LogP contribution in [0.3, 0.4) is 0 Å². The molecule has 0 aromatic heterocycles. The van der Waals surface area contributed by atoms with Crippen LogP contribution in [0, 0.1) is 0 Å². The number of amides is 2. The fourth-order valence-corrected chi connectivity index (χ4v) is 0.956. The highest BCUT2D eigenvalue weighted by atomic mass is 32.1. The summed E-state index contributed by atoms with van der Waals surface area (Å²) in [6, 6.07) is 6.76. The summed E-state index contributed by atoms with van der Waals surface area (Å²) in [6.45, 7) is 0. The van der Waals surface area contributed by atoms with Crippen LogP contribution in [0.5, 0.6) is 5.75 Å². The van der Waals surface area contributed by atoms with Crippen molar-refractivity contribution in [1.82, 2.24) is 4.90 Å². The van der Waals surface area contributed by atoms with Crippen LogP contribution in [-0.2, 0) is 0 Å². The Labute approximate surface area is 88.5 Å². The molecule has 0 saturated carbocycles. The SMILES string of the molecule is CN(C)C(=O)Nc1ccc(OS)cc1. The summed E-state index contributed by atoms with van der Waals surface area (Å²) >= 11 is 3.65. The molecule has 2 amide bonds. The van der Waals surface area contributed by atoms with Crippen molar-refractivity contribution in [3.05, 3.63) is 24.3 Å². The van der Waals surface area contributed by atoms with Gasteiger partial charge in [-0.1, -0.05) is 0 Å². The van der Waals surface area contributed by atoms with Crippen LogP contribution >= 0.6 is 12.9 Å². The first-order valence-corrected chi connectivity index (χ1v) is 4.40. The van der Waals surface area contributed by atoms with Gasteiger partial charge in [-0.05, 0) is 24.3 Å². The molecular weight excluding hydrogens is 200 g/mol. The minimum atomic E-state index is -0.162. The number of nitrogens with zero attached hydrogens (tertiary/aromatic N) is 1. The maximum Gasteiger partial charge on any atom is 0.321 e. The molecule has 0 heterocycles. The molecule has 1 aromatic carbocycles. The van der Waals surface area contributed by atoms with E-state index < -0.39 is 0 Å². The van der Waals surface area contributed by atoms with Gasteiger partial charge in [-0.25, -0.2) is 4.79 Å². The van der Waals surface area contributed by atoms with Gasteiger partial charge in [0.05, 0.1) is 0 Å². The Hall–Kier alpha value is -1.36. The van der Waals surface area contributed by atoms with E-state index in [1.165, 1.54) is 4.90 Å². The van der Waals surface area contributed by atoms with E-state index in [9.17, 15) is 4.79 Å². The number of rotatable bonds is 2. The highest BCUT2D eigenvalue weighted by Gasteiger charge is 2.02. The van der Waals surface area contributed by atoms with Gasteiger partial charge in [0.15, 0.2) is 0 Å². The molecule has 0 aliphatic heterocycles. The first kappa shape index (κ1) is 10.7. The Kier molecular flexibility index (Phi) is 3.64. The summed E-state index contributed by atoms with van der Waals surface area (Å²) in [5, 5.41) is 2.70. The third-order valence-corrected chi connectivity index (χ3v) is 1.83. The highest BCUT2D eigenvalue weighted by molar-refractivity contribution is 7.75. The zero-order chi connectivity index (χ0) is 10.6. The molecule has 0 aliphatic carbocycles. The van der Waals surface area contributed by atoms with E-state index in [1.807, 2.05) is 0 Å². The number of urea groups is 1. The van der Waals surface area contributed by atoms with E-state index in [-0.39, 0.29) is 6.03 Å².